The fraction of sp³-hybridized carbons (Fsp3) is 0.381. The van der Waals surface area contributed by atoms with E-state index >= 15 is 0 Å². The van der Waals surface area contributed by atoms with Crippen LogP contribution < -0.4 is 19.1 Å². The molecular formula is C21H24N4O3. The number of anilines is 1. The van der Waals surface area contributed by atoms with Gasteiger partial charge in [-0.25, -0.2) is 9.97 Å². The lowest BCUT2D eigenvalue weighted by atomic mass is 9.97. The SMILES string of the molecule is COc1cc2ncnc(N3CCC(COc4ccncc4)CC3)c2cc1OC. The summed E-state index contributed by atoms with van der Waals surface area (Å²) in [6.45, 7) is 2.60. The lowest BCUT2D eigenvalue weighted by Gasteiger charge is -2.33. The minimum absolute atomic E-state index is 0.534. The number of hydrogen-bond donors (Lipinski definition) is 0. The summed E-state index contributed by atoms with van der Waals surface area (Å²) in [4.78, 5) is 15.3. The van der Waals surface area contributed by atoms with Gasteiger partial charge in [0.05, 0.1) is 26.3 Å². The predicted molar refractivity (Wildman–Crippen MR) is 107 cm³/mol. The number of rotatable bonds is 6. The maximum absolute atomic E-state index is 5.90. The second-order valence-electron chi connectivity index (χ2n) is 6.85. The molecule has 0 unspecified atom stereocenters. The highest BCUT2D eigenvalue weighted by Gasteiger charge is 2.23. The molecule has 0 atom stereocenters. The van der Waals surface area contributed by atoms with Crippen molar-refractivity contribution >= 4 is 16.7 Å². The molecule has 0 amide bonds. The molecule has 0 spiro atoms. The van der Waals surface area contributed by atoms with Crippen molar-refractivity contribution in [2.45, 2.75) is 12.8 Å². The molecule has 1 aliphatic heterocycles. The van der Waals surface area contributed by atoms with E-state index in [9.17, 15) is 0 Å². The first kappa shape index (κ1) is 18.3. The van der Waals surface area contributed by atoms with Crippen LogP contribution in [0.25, 0.3) is 10.9 Å². The van der Waals surface area contributed by atoms with E-state index in [0.29, 0.717) is 17.4 Å². The van der Waals surface area contributed by atoms with Gasteiger partial charge in [-0.3, -0.25) is 4.98 Å². The summed E-state index contributed by atoms with van der Waals surface area (Å²) >= 11 is 0. The summed E-state index contributed by atoms with van der Waals surface area (Å²) in [5.41, 5.74) is 0.853. The van der Waals surface area contributed by atoms with Crippen molar-refractivity contribution in [3.8, 4) is 17.2 Å². The first-order valence-electron chi connectivity index (χ1n) is 9.43. The molecule has 0 N–H and O–H groups in total. The van der Waals surface area contributed by atoms with Crippen LogP contribution in [0.1, 0.15) is 12.8 Å². The number of nitrogens with zero attached hydrogens (tertiary/aromatic N) is 4. The molecule has 1 aliphatic rings. The highest BCUT2D eigenvalue weighted by atomic mass is 16.5. The number of benzene rings is 1. The summed E-state index contributed by atoms with van der Waals surface area (Å²) in [7, 11) is 3.27. The van der Waals surface area contributed by atoms with Gasteiger partial charge in [0.1, 0.15) is 17.9 Å². The fourth-order valence-electron chi connectivity index (χ4n) is 3.58. The van der Waals surface area contributed by atoms with Gasteiger partial charge in [-0.1, -0.05) is 0 Å². The summed E-state index contributed by atoms with van der Waals surface area (Å²) in [6, 6.07) is 7.64. The summed E-state index contributed by atoms with van der Waals surface area (Å²) in [5, 5.41) is 0.978. The van der Waals surface area contributed by atoms with Crippen molar-refractivity contribution in [3.05, 3.63) is 43.0 Å². The van der Waals surface area contributed by atoms with Crippen LogP contribution in [0.4, 0.5) is 5.82 Å². The molecular weight excluding hydrogens is 356 g/mol. The Balaban J connectivity index is 1.46. The van der Waals surface area contributed by atoms with Gasteiger partial charge in [0.2, 0.25) is 0 Å². The van der Waals surface area contributed by atoms with Crippen molar-refractivity contribution in [2.24, 2.45) is 5.92 Å². The molecule has 3 aromatic rings. The number of piperidine rings is 1. The van der Waals surface area contributed by atoms with Crippen molar-refractivity contribution < 1.29 is 14.2 Å². The third kappa shape index (κ3) is 3.78. The zero-order valence-electron chi connectivity index (χ0n) is 16.2. The van der Waals surface area contributed by atoms with E-state index in [0.717, 1.165) is 55.0 Å². The van der Waals surface area contributed by atoms with E-state index in [1.54, 1.807) is 32.9 Å². The highest BCUT2D eigenvalue weighted by molar-refractivity contribution is 5.92. The van der Waals surface area contributed by atoms with Crippen LogP contribution in [0.3, 0.4) is 0 Å². The van der Waals surface area contributed by atoms with E-state index in [-0.39, 0.29) is 0 Å². The first-order chi connectivity index (χ1) is 13.8. The average molecular weight is 380 g/mol. The van der Waals surface area contributed by atoms with Crippen LogP contribution in [0, 0.1) is 5.92 Å². The predicted octanol–water partition coefficient (Wildman–Crippen LogP) is 3.34. The number of aromatic nitrogens is 3. The molecule has 7 heteroatoms. The molecule has 28 heavy (non-hydrogen) atoms. The second-order valence-corrected chi connectivity index (χ2v) is 6.85. The van der Waals surface area contributed by atoms with Crippen LogP contribution in [0.5, 0.6) is 17.2 Å². The smallest absolute Gasteiger partial charge is 0.162 e. The van der Waals surface area contributed by atoms with Crippen molar-refractivity contribution in [2.75, 3.05) is 38.8 Å². The second kappa shape index (κ2) is 8.29. The molecule has 0 bridgehead atoms. The summed E-state index contributed by atoms with van der Waals surface area (Å²) in [6.07, 6.45) is 7.23. The Labute approximate surface area is 164 Å². The van der Waals surface area contributed by atoms with Gasteiger partial charge in [-0.2, -0.15) is 0 Å². The van der Waals surface area contributed by atoms with Crippen molar-refractivity contribution in [3.63, 3.8) is 0 Å². The normalized spacial score (nSPS) is 14.9. The maximum Gasteiger partial charge on any atom is 0.162 e. The van der Waals surface area contributed by atoms with Gasteiger partial charge < -0.3 is 19.1 Å². The Morgan fingerprint density at radius 1 is 1.00 bits per heavy atom. The molecule has 0 radical (unpaired) electrons. The maximum atomic E-state index is 5.90. The number of hydrogen-bond acceptors (Lipinski definition) is 7. The fourth-order valence-corrected chi connectivity index (χ4v) is 3.58. The van der Waals surface area contributed by atoms with E-state index in [2.05, 4.69) is 19.9 Å². The van der Waals surface area contributed by atoms with Crippen LogP contribution in [-0.4, -0.2) is 48.9 Å². The molecule has 0 saturated carbocycles. The van der Waals surface area contributed by atoms with Gasteiger partial charge in [-0.05, 0) is 37.0 Å². The van der Waals surface area contributed by atoms with Crippen LogP contribution in [-0.2, 0) is 0 Å². The van der Waals surface area contributed by atoms with E-state index in [1.165, 1.54) is 0 Å². The molecule has 146 valence electrons. The van der Waals surface area contributed by atoms with Gasteiger partial charge in [0.15, 0.2) is 11.5 Å². The molecule has 4 rings (SSSR count). The minimum Gasteiger partial charge on any atom is -0.493 e. The molecule has 7 nitrogen and oxygen atoms in total. The van der Waals surface area contributed by atoms with Gasteiger partial charge in [-0.15, -0.1) is 0 Å². The zero-order valence-corrected chi connectivity index (χ0v) is 16.2. The third-order valence-corrected chi connectivity index (χ3v) is 5.17. The van der Waals surface area contributed by atoms with E-state index in [1.807, 2.05) is 24.3 Å². The standard InChI is InChI=1S/C21H24N4O3/c1-26-19-11-17-18(12-20(19)27-2)23-14-24-21(17)25-9-5-15(6-10-25)13-28-16-3-7-22-8-4-16/h3-4,7-8,11-12,14-15H,5-6,9-10,13H2,1-2H3. The summed E-state index contributed by atoms with van der Waals surface area (Å²) in [5.74, 6) is 3.71. The lowest BCUT2D eigenvalue weighted by Crippen LogP contribution is -2.36. The number of ether oxygens (including phenoxy) is 3. The molecule has 2 aromatic heterocycles. The Kier molecular flexibility index (Phi) is 5.41. The topological polar surface area (TPSA) is 69.6 Å². The Morgan fingerprint density at radius 2 is 1.71 bits per heavy atom. The number of methoxy groups -OCH3 is 2. The molecule has 1 saturated heterocycles. The molecule has 1 aromatic carbocycles. The largest absolute Gasteiger partial charge is 0.493 e. The molecule has 0 aliphatic carbocycles. The van der Waals surface area contributed by atoms with E-state index in [4.69, 9.17) is 14.2 Å². The van der Waals surface area contributed by atoms with Crippen LogP contribution in [0.15, 0.2) is 43.0 Å². The minimum atomic E-state index is 0.534. The van der Waals surface area contributed by atoms with Gasteiger partial charge in [0, 0.05) is 36.9 Å². The van der Waals surface area contributed by atoms with Gasteiger partial charge in [0.25, 0.3) is 0 Å². The zero-order chi connectivity index (χ0) is 19.3. The highest BCUT2D eigenvalue weighted by Crippen LogP contribution is 2.35. The monoisotopic (exact) mass is 380 g/mol. The van der Waals surface area contributed by atoms with E-state index < -0.39 is 0 Å². The van der Waals surface area contributed by atoms with Crippen LogP contribution >= 0.6 is 0 Å². The number of pyridine rings is 1. The average Bonchev–Trinajstić information content (AvgIpc) is 2.77. The van der Waals surface area contributed by atoms with Gasteiger partial charge >= 0.3 is 0 Å². The van der Waals surface area contributed by atoms with Crippen molar-refractivity contribution in [1.82, 2.24) is 15.0 Å². The Morgan fingerprint density at radius 3 is 2.43 bits per heavy atom. The quantitative estimate of drug-likeness (QED) is 0.649. The Hall–Kier alpha value is -3.09. The summed E-state index contributed by atoms with van der Waals surface area (Å²) < 4.78 is 16.7. The lowest BCUT2D eigenvalue weighted by molar-refractivity contribution is 0.222. The van der Waals surface area contributed by atoms with Crippen LogP contribution in [0.2, 0.25) is 0 Å². The molecule has 1 fully saturated rings. The Bertz CT molecular complexity index is 928. The van der Waals surface area contributed by atoms with Crippen molar-refractivity contribution in [1.29, 1.82) is 0 Å². The number of fused-ring (bicyclic) bond motifs is 1. The first-order valence-corrected chi connectivity index (χ1v) is 9.43. The molecule has 3 heterocycles. The third-order valence-electron chi connectivity index (χ3n) is 5.17.